The normalized spacial score (nSPS) is 10.1. The number of rotatable bonds is 9. The van der Waals surface area contributed by atoms with Crippen molar-refractivity contribution in [3.63, 3.8) is 0 Å². The molecule has 148 valence electrons. The van der Waals surface area contributed by atoms with E-state index < -0.39 is 23.4 Å². The molecule has 1 rings (SSSR count). The van der Waals surface area contributed by atoms with E-state index in [2.05, 4.69) is 5.32 Å². The number of nitro benzene ring substituents is 1. The highest BCUT2D eigenvalue weighted by Crippen LogP contribution is 2.22. The maximum atomic E-state index is 12.2. The lowest BCUT2D eigenvalue weighted by molar-refractivity contribution is -0.384. The van der Waals surface area contributed by atoms with E-state index in [9.17, 15) is 24.5 Å². The molecule has 1 aromatic rings. The van der Waals surface area contributed by atoms with Gasteiger partial charge in [0.25, 0.3) is 11.6 Å². The zero-order valence-corrected chi connectivity index (χ0v) is 15.9. The molecule has 0 aromatic heterocycles. The topological polar surface area (TPSA) is 122 Å². The molecule has 1 N–H and O–H groups in total. The van der Waals surface area contributed by atoms with Crippen molar-refractivity contribution in [3.05, 3.63) is 33.9 Å². The summed E-state index contributed by atoms with van der Waals surface area (Å²) in [6.45, 7) is 4.04. The molecule has 0 saturated heterocycles. The minimum atomic E-state index is -0.875. The third-order valence-corrected chi connectivity index (χ3v) is 3.94. The number of nitrogens with one attached hydrogen (secondary N) is 1. The average Bonchev–Trinajstić information content (AvgIpc) is 2.65. The van der Waals surface area contributed by atoms with Gasteiger partial charge >= 0.3 is 5.97 Å². The first-order valence-electron chi connectivity index (χ1n) is 8.40. The molecule has 0 aliphatic rings. The molecule has 1 aromatic carbocycles. The van der Waals surface area contributed by atoms with Crippen LogP contribution in [-0.2, 0) is 14.3 Å². The van der Waals surface area contributed by atoms with Crippen LogP contribution in [0, 0.1) is 10.1 Å². The van der Waals surface area contributed by atoms with E-state index in [-0.39, 0.29) is 23.7 Å². The summed E-state index contributed by atoms with van der Waals surface area (Å²) in [6.07, 6.45) is 0. The molecule has 0 saturated carbocycles. The van der Waals surface area contributed by atoms with Crippen LogP contribution < -0.4 is 5.32 Å². The Morgan fingerprint density at radius 1 is 1.19 bits per heavy atom. The van der Waals surface area contributed by atoms with Crippen LogP contribution in [0.2, 0.25) is 0 Å². The molecule has 0 unspecified atom stereocenters. The smallest absolute Gasteiger partial charge is 0.341 e. The second-order valence-electron chi connectivity index (χ2n) is 5.63. The number of carbonyl (C=O) groups excluding carboxylic acids is 3. The molecule has 10 nitrogen and oxygen atoms in total. The highest BCUT2D eigenvalue weighted by atomic mass is 16.6. The van der Waals surface area contributed by atoms with Crippen molar-refractivity contribution in [2.75, 3.05) is 45.7 Å². The summed E-state index contributed by atoms with van der Waals surface area (Å²) in [5.74, 6) is -1.64. The van der Waals surface area contributed by atoms with Crippen LogP contribution in [0.1, 0.15) is 24.2 Å². The van der Waals surface area contributed by atoms with Crippen LogP contribution in [0.5, 0.6) is 0 Å². The summed E-state index contributed by atoms with van der Waals surface area (Å²) in [7, 11) is 2.99. The second-order valence-corrected chi connectivity index (χ2v) is 5.63. The third-order valence-electron chi connectivity index (χ3n) is 3.94. The van der Waals surface area contributed by atoms with Crippen LogP contribution in [0.15, 0.2) is 18.2 Å². The van der Waals surface area contributed by atoms with Gasteiger partial charge < -0.3 is 19.9 Å². The Balaban J connectivity index is 2.73. The van der Waals surface area contributed by atoms with E-state index in [1.165, 1.54) is 24.1 Å². The van der Waals surface area contributed by atoms with E-state index in [0.29, 0.717) is 18.8 Å². The van der Waals surface area contributed by atoms with Crippen molar-refractivity contribution < 1.29 is 24.0 Å². The van der Waals surface area contributed by atoms with Gasteiger partial charge in [-0.15, -0.1) is 0 Å². The van der Waals surface area contributed by atoms with Crippen LogP contribution in [-0.4, -0.2) is 72.8 Å². The lowest BCUT2D eigenvalue weighted by Crippen LogP contribution is -2.42. The molecule has 0 aliphatic heterocycles. The molecule has 0 spiro atoms. The zero-order valence-electron chi connectivity index (χ0n) is 15.9. The summed E-state index contributed by atoms with van der Waals surface area (Å²) >= 11 is 0. The van der Waals surface area contributed by atoms with E-state index in [0.717, 1.165) is 6.07 Å². The van der Waals surface area contributed by atoms with Crippen LogP contribution in [0.25, 0.3) is 0 Å². The molecule has 0 fully saturated rings. The molecule has 0 aliphatic carbocycles. The fraction of sp³-hybridized carbons (Fsp3) is 0.471. The number of hydrogen-bond acceptors (Lipinski definition) is 7. The molecule has 2 amide bonds. The molecular weight excluding hydrogens is 356 g/mol. The Morgan fingerprint density at radius 3 is 2.33 bits per heavy atom. The van der Waals surface area contributed by atoms with Crippen molar-refractivity contribution in [1.82, 2.24) is 9.80 Å². The number of ether oxygens (including phenoxy) is 1. The Bertz CT molecular complexity index is 717. The van der Waals surface area contributed by atoms with Gasteiger partial charge in [-0.05, 0) is 19.9 Å². The second kappa shape index (κ2) is 10.1. The zero-order chi connectivity index (χ0) is 20.6. The van der Waals surface area contributed by atoms with Gasteiger partial charge in [-0.2, -0.15) is 0 Å². The largest absolute Gasteiger partial charge is 0.452 e. The Hall–Kier alpha value is -3.17. The Labute approximate surface area is 157 Å². The van der Waals surface area contributed by atoms with Gasteiger partial charge in [-0.3, -0.25) is 19.7 Å². The van der Waals surface area contributed by atoms with Gasteiger partial charge in [0.05, 0.1) is 17.0 Å². The number of non-ortho nitro benzene ring substituents is 1. The molecule has 10 heteroatoms. The Kier molecular flexibility index (Phi) is 8.18. The highest BCUT2D eigenvalue weighted by Gasteiger charge is 2.21. The van der Waals surface area contributed by atoms with E-state index >= 15 is 0 Å². The van der Waals surface area contributed by atoms with Crippen molar-refractivity contribution >= 4 is 29.2 Å². The number of amides is 2. The van der Waals surface area contributed by atoms with E-state index in [1.54, 1.807) is 11.9 Å². The molecular formula is C17H24N4O6. The minimum Gasteiger partial charge on any atom is -0.452 e. The summed E-state index contributed by atoms with van der Waals surface area (Å²) in [6, 6.07) is 3.71. The van der Waals surface area contributed by atoms with Gasteiger partial charge in [0, 0.05) is 45.0 Å². The predicted molar refractivity (Wildman–Crippen MR) is 98.5 cm³/mol. The van der Waals surface area contributed by atoms with Crippen molar-refractivity contribution in [2.24, 2.45) is 0 Å². The van der Waals surface area contributed by atoms with Gasteiger partial charge in [0.2, 0.25) is 5.91 Å². The fourth-order valence-electron chi connectivity index (χ4n) is 2.32. The number of nitro groups is 1. The first-order chi connectivity index (χ1) is 12.7. The van der Waals surface area contributed by atoms with E-state index in [4.69, 9.17) is 4.74 Å². The number of likely N-dealkylation sites (N-methyl/N-ethyl adjacent to an activating group) is 2. The maximum Gasteiger partial charge on any atom is 0.341 e. The van der Waals surface area contributed by atoms with Gasteiger partial charge in [-0.1, -0.05) is 0 Å². The highest BCUT2D eigenvalue weighted by molar-refractivity contribution is 5.97. The lowest BCUT2D eigenvalue weighted by Gasteiger charge is -2.23. The van der Waals surface area contributed by atoms with Crippen LogP contribution >= 0.6 is 0 Å². The summed E-state index contributed by atoms with van der Waals surface area (Å²) < 4.78 is 4.97. The van der Waals surface area contributed by atoms with Gasteiger partial charge in [0.15, 0.2) is 6.61 Å². The van der Waals surface area contributed by atoms with Crippen LogP contribution in [0.3, 0.4) is 0 Å². The third kappa shape index (κ3) is 5.94. The van der Waals surface area contributed by atoms with E-state index in [1.807, 2.05) is 13.8 Å². The lowest BCUT2D eigenvalue weighted by atomic mass is 10.1. The predicted octanol–water partition coefficient (Wildman–Crippen LogP) is 1.12. The molecule has 27 heavy (non-hydrogen) atoms. The summed E-state index contributed by atoms with van der Waals surface area (Å²) in [4.78, 5) is 49.3. The van der Waals surface area contributed by atoms with Crippen molar-refractivity contribution in [1.29, 1.82) is 0 Å². The minimum absolute atomic E-state index is 0.0543. The molecule has 0 radical (unpaired) electrons. The van der Waals surface area contributed by atoms with Crippen molar-refractivity contribution in [2.45, 2.75) is 13.8 Å². The number of benzene rings is 1. The number of anilines is 1. The van der Waals surface area contributed by atoms with Gasteiger partial charge in [-0.25, -0.2) is 4.79 Å². The average molecular weight is 380 g/mol. The van der Waals surface area contributed by atoms with Crippen molar-refractivity contribution in [3.8, 4) is 0 Å². The number of nitrogens with zero attached hydrogens (tertiary/aromatic N) is 3. The first kappa shape index (κ1) is 21.9. The fourth-order valence-corrected chi connectivity index (χ4v) is 2.32. The summed E-state index contributed by atoms with van der Waals surface area (Å²) in [5.41, 5.74) is 0.0127. The molecule has 0 heterocycles. The summed E-state index contributed by atoms with van der Waals surface area (Å²) in [5, 5.41) is 13.6. The number of carbonyl (C=O) groups is 3. The molecule has 0 bridgehead atoms. The first-order valence-corrected chi connectivity index (χ1v) is 8.40. The standard InChI is InChI=1S/C17H24N4O6/c1-5-20(6-2)15(22)10-19(4)16(23)11-27-17(24)13-9-12(21(25)26)7-8-14(13)18-3/h7-9,18H,5-6,10-11H2,1-4H3. The quantitative estimate of drug-likeness (QED) is 0.387. The maximum absolute atomic E-state index is 12.2. The number of hydrogen-bond donors (Lipinski definition) is 1. The SMILES string of the molecule is CCN(CC)C(=O)CN(C)C(=O)COC(=O)c1cc([N+](=O)[O-])ccc1NC. The Morgan fingerprint density at radius 2 is 1.81 bits per heavy atom. The molecule has 0 atom stereocenters. The monoisotopic (exact) mass is 380 g/mol. The van der Waals surface area contributed by atoms with Crippen LogP contribution in [0.4, 0.5) is 11.4 Å². The number of esters is 1. The van der Waals surface area contributed by atoms with Gasteiger partial charge in [0.1, 0.15) is 0 Å².